The lowest BCUT2D eigenvalue weighted by molar-refractivity contribution is -0.137. The van der Waals surface area contributed by atoms with Gasteiger partial charge in [-0.3, -0.25) is 0 Å². The van der Waals surface area contributed by atoms with E-state index in [0.29, 0.717) is 11.8 Å². The molecule has 0 radical (unpaired) electrons. The van der Waals surface area contributed by atoms with Crippen molar-refractivity contribution in [2.75, 3.05) is 12.3 Å². The van der Waals surface area contributed by atoms with Crippen LogP contribution in [0.15, 0.2) is 24.3 Å². The number of benzene rings is 1. The van der Waals surface area contributed by atoms with Crippen molar-refractivity contribution in [3.8, 4) is 0 Å². The lowest BCUT2D eigenvalue weighted by Gasteiger charge is -2.21. The molecule has 5 heteroatoms. The summed E-state index contributed by atoms with van der Waals surface area (Å²) in [5.74, 6) is 1.23. The molecule has 1 N–H and O–H groups in total. The molecule has 1 aliphatic rings. The van der Waals surface area contributed by atoms with Crippen LogP contribution in [0.5, 0.6) is 0 Å². The van der Waals surface area contributed by atoms with Gasteiger partial charge in [-0.1, -0.05) is 18.6 Å². The van der Waals surface area contributed by atoms with Gasteiger partial charge in [-0.15, -0.1) is 0 Å². The molecule has 1 saturated heterocycles. The molecule has 1 atom stereocenters. The van der Waals surface area contributed by atoms with Crippen LogP contribution in [0.2, 0.25) is 0 Å². The summed E-state index contributed by atoms with van der Waals surface area (Å²) in [6, 6.07) is 5.38. The van der Waals surface area contributed by atoms with Crippen molar-refractivity contribution in [1.82, 2.24) is 5.32 Å². The summed E-state index contributed by atoms with van der Waals surface area (Å²) >= 11 is 1.99. The summed E-state index contributed by atoms with van der Waals surface area (Å²) in [5, 5.41) is 3.98. The van der Waals surface area contributed by atoms with E-state index in [-0.39, 0.29) is 0 Å². The second kappa shape index (κ2) is 6.66. The fourth-order valence-corrected chi connectivity index (χ4v) is 3.43. The molecular weight excluding hydrogens is 271 g/mol. The third kappa shape index (κ3) is 4.73. The molecule has 1 aromatic rings. The molecule has 1 nitrogen and oxygen atoms in total. The first-order valence-corrected chi connectivity index (χ1v) is 7.59. The predicted octanol–water partition coefficient (Wildman–Crippen LogP) is 4.08. The van der Waals surface area contributed by atoms with Crippen LogP contribution < -0.4 is 5.32 Å². The van der Waals surface area contributed by atoms with Crippen LogP contribution in [-0.2, 0) is 12.7 Å². The van der Waals surface area contributed by atoms with Gasteiger partial charge in [0.2, 0.25) is 0 Å². The van der Waals surface area contributed by atoms with Gasteiger partial charge in [-0.2, -0.15) is 24.9 Å². The summed E-state index contributed by atoms with van der Waals surface area (Å²) in [6.45, 7) is 1.57. The maximum Gasteiger partial charge on any atom is 0.416 e. The van der Waals surface area contributed by atoms with E-state index >= 15 is 0 Å². The van der Waals surface area contributed by atoms with Gasteiger partial charge in [0.1, 0.15) is 0 Å². The van der Waals surface area contributed by atoms with Gasteiger partial charge in [-0.05, 0) is 36.3 Å². The van der Waals surface area contributed by atoms with Crippen molar-refractivity contribution in [1.29, 1.82) is 0 Å². The van der Waals surface area contributed by atoms with E-state index in [1.54, 1.807) is 12.1 Å². The van der Waals surface area contributed by atoms with Gasteiger partial charge < -0.3 is 5.32 Å². The Morgan fingerprint density at radius 2 is 1.89 bits per heavy atom. The molecule has 0 bridgehead atoms. The number of rotatable bonds is 4. The van der Waals surface area contributed by atoms with Crippen molar-refractivity contribution in [3.05, 3.63) is 35.4 Å². The average molecular weight is 289 g/mol. The van der Waals surface area contributed by atoms with Crippen molar-refractivity contribution in [2.45, 2.75) is 37.2 Å². The fourth-order valence-electron chi connectivity index (χ4n) is 2.16. The molecule has 1 unspecified atom stereocenters. The normalized spacial score (nSPS) is 20.5. The predicted molar refractivity (Wildman–Crippen MR) is 73.2 cm³/mol. The molecule has 2 rings (SSSR count). The number of hydrogen-bond acceptors (Lipinski definition) is 2. The third-order valence-corrected chi connectivity index (χ3v) is 4.65. The van der Waals surface area contributed by atoms with Gasteiger partial charge in [0.25, 0.3) is 0 Å². The SMILES string of the molecule is FC(F)(F)c1ccc(CNCC2CCCCS2)cc1. The van der Waals surface area contributed by atoms with Gasteiger partial charge >= 0.3 is 6.18 Å². The lowest BCUT2D eigenvalue weighted by atomic mass is 10.1. The standard InChI is InChI=1S/C14H18F3NS/c15-14(16,17)12-6-4-11(5-7-12)9-18-10-13-3-1-2-8-19-13/h4-7,13,18H,1-3,8-10H2. The molecular formula is C14H18F3NS. The number of hydrogen-bond donors (Lipinski definition) is 1. The minimum Gasteiger partial charge on any atom is -0.312 e. The van der Waals surface area contributed by atoms with Crippen LogP contribution in [0.1, 0.15) is 30.4 Å². The van der Waals surface area contributed by atoms with Gasteiger partial charge in [0.05, 0.1) is 5.56 Å². The fraction of sp³-hybridized carbons (Fsp3) is 0.571. The summed E-state index contributed by atoms with van der Waals surface area (Å²) < 4.78 is 37.2. The van der Waals surface area contributed by atoms with Crippen LogP contribution >= 0.6 is 11.8 Å². The second-order valence-electron chi connectivity index (χ2n) is 4.81. The zero-order valence-electron chi connectivity index (χ0n) is 10.7. The summed E-state index contributed by atoms with van der Waals surface area (Å²) in [4.78, 5) is 0. The Morgan fingerprint density at radius 3 is 2.47 bits per heavy atom. The largest absolute Gasteiger partial charge is 0.416 e. The minimum atomic E-state index is -4.25. The number of nitrogens with one attached hydrogen (secondary N) is 1. The average Bonchev–Trinajstić information content (AvgIpc) is 2.39. The number of thioether (sulfide) groups is 1. The highest BCUT2D eigenvalue weighted by atomic mass is 32.2. The molecule has 0 aliphatic carbocycles. The molecule has 1 aliphatic heterocycles. The quantitative estimate of drug-likeness (QED) is 0.896. The maximum absolute atomic E-state index is 12.4. The smallest absolute Gasteiger partial charge is 0.312 e. The van der Waals surface area contributed by atoms with E-state index in [1.165, 1.54) is 25.0 Å². The van der Waals surface area contributed by atoms with Crippen molar-refractivity contribution < 1.29 is 13.2 Å². The van der Waals surface area contributed by atoms with Crippen LogP contribution in [0.25, 0.3) is 0 Å². The van der Waals surface area contributed by atoms with E-state index in [2.05, 4.69) is 5.32 Å². The van der Waals surface area contributed by atoms with Crippen molar-refractivity contribution >= 4 is 11.8 Å². The van der Waals surface area contributed by atoms with Crippen LogP contribution in [0, 0.1) is 0 Å². The van der Waals surface area contributed by atoms with Gasteiger partial charge in [0.15, 0.2) is 0 Å². The third-order valence-electron chi connectivity index (χ3n) is 3.26. The Hall–Kier alpha value is -0.680. The Labute approximate surface area is 116 Å². The second-order valence-corrected chi connectivity index (χ2v) is 6.22. The van der Waals surface area contributed by atoms with E-state index in [9.17, 15) is 13.2 Å². The van der Waals surface area contributed by atoms with E-state index in [0.717, 1.165) is 24.2 Å². The van der Waals surface area contributed by atoms with E-state index < -0.39 is 11.7 Å². The first-order chi connectivity index (χ1) is 9.05. The molecule has 1 heterocycles. The molecule has 19 heavy (non-hydrogen) atoms. The molecule has 1 aromatic carbocycles. The Balaban J connectivity index is 1.76. The highest BCUT2D eigenvalue weighted by Gasteiger charge is 2.29. The molecule has 106 valence electrons. The topological polar surface area (TPSA) is 12.0 Å². The van der Waals surface area contributed by atoms with Crippen molar-refractivity contribution in [2.24, 2.45) is 0 Å². The molecule has 1 fully saturated rings. The maximum atomic E-state index is 12.4. The van der Waals surface area contributed by atoms with Crippen LogP contribution in [-0.4, -0.2) is 17.5 Å². The first-order valence-electron chi connectivity index (χ1n) is 6.54. The minimum absolute atomic E-state index is 0.584. The molecule has 0 aromatic heterocycles. The summed E-state index contributed by atoms with van der Waals surface area (Å²) in [7, 11) is 0. The Kier molecular flexibility index (Phi) is 5.16. The number of alkyl halides is 3. The summed E-state index contributed by atoms with van der Waals surface area (Å²) in [5.41, 5.74) is 0.313. The Morgan fingerprint density at radius 1 is 1.16 bits per heavy atom. The first kappa shape index (κ1) is 14.7. The zero-order valence-corrected chi connectivity index (χ0v) is 11.5. The monoisotopic (exact) mass is 289 g/mol. The van der Waals surface area contributed by atoms with Crippen LogP contribution in [0.4, 0.5) is 13.2 Å². The molecule has 0 saturated carbocycles. The van der Waals surface area contributed by atoms with Crippen molar-refractivity contribution in [3.63, 3.8) is 0 Å². The molecule has 0 spiro atoms. The van der Waals surface area contributed by atoms with E-state index in [1.807, 2.05) is 11.8 Å². The lowest BCUT2D eigenvalue weighted by Crippen LogP contribution is -2.26. The van der Waals surface area contributed by atoms with Gasteiger partial charge in [0, 0.05) is 18.3 Å². The highest BCUT2D eigenvalue weighted by molar-refractivity contribution is 7.99. The summed E-state index contributed by atoms with van der Waals surface area (Å²) in [6.07, 6.45) is -0.408. The number of halogens is 3. The Bertz CT molecular complexity index is 383. The highest BCUT2D eigenvalue weighted by Crippen LogP contribution is 2.29. The molecule has 0 amide bonds. The van der Waals surface area contributed by atoms with Crippen LogP contribution in [0.3, 0.4) is 0 Å². The zero-order chi connectivity index (χ0) is 13.7. The van der Waals surface area contributed by atoms with Gasteiger partial charge in [-0.25, -0.2) is 0 Å². The van der Waals surface area contributed by atoms with E-state index in [4.69, 9.17) is 0 Å².